The summed E-state index contributed by atoms with van der Waals surface area (Å²) in [4.78, 5) is 25.7. The van der Waals surface area contributed by atoms with Crippen LogP contribution in [0.2, 0.25) is 0 Å². The van der Waals surface area contributed by atoms with Gasteiger partial charge in [0.05, 0.1) is 24.0 Å². The molecule has 0 atom stereocenters. The van der Waals surface area contributed by atoms with E-state index in [2.05, 4.69) is 36.9 Å². The van der Waals surface area contributed by atoms with Crippen molar-refractivity contribution in [3.05, 3.63) is 47.0 Å². The number of carbonyl (C=O) groups is 1. The molecule has 28 heavy (non-hydrogen) atoms. The van der Waals surface area contributed by atoms with Crippen LogP contribution in [0.4, 0.5) is 5.95 Å². The van der Waals surface area contributed by atoms with Gasteiger partial charge in [0.25, 0.3) is 5.78 Å². The SMILES string of the molecule is CCn1c(CNC(=O)Cc2c(C)nc3nc(N)nn3c2C)nc2ccccc21. The average molecular weight is 378 g/mol. The van der Waals surface area contributed by atoms with E-state index in [0.29, 0.717) is 12.3 Å². The molecule has 0 aliphatic carbocycles. The molecule has 0 unspecified atom stereocenters. The lowest BCUT2D eigenvalue weighted by Crippen LogP contribution is -2.27. The number of hydrogen-bond acceptors (Lipinski definition) is 6. The molecule has 4 aromatic rings. The summed E-state index contributed by atoms with van der Waals surface area (Å²) >= 11 is 0. The van der Waals surface area contributed by atoms with Crippen LogP contribution in [-0.2, 0) is 24.3 Å². The first kappa shape index (κ1) is 17.9. The second-order valence-corrected chi connectivity index (χ2v) is 6.66. The van der Waals surface area contributed by atoms with E-state index in [1.807, 2.05) is 38.1 Å². The summed E-state index contributed by atoms with van der Waals surface area (Å²) in [5.41, 5.74) is 10.0. The molecule has 3 heterocycles. The van der Waals surface area contributed by atoms with Gasteiger partial charge in [-0.2, -0.15) is 9.50 Å². The average Bonchev–Trinajstić information content (AvgIpc) is 3.22. The topological polar surface area (TPSA) is 116 Å². The molecule has 0 saturated heterocycles. The number of hydrogen-bond donors (Lipinski definition) is 2. The number of nitrogen functional groups attached to an aromatic ring is 1. The predicted octanol–water partition coefficient (Wildman–Crippen LogP) is 1.55. The number of nitrogens with one attached hydrogen (secondary N) is 1. The van der Waals surface area contributed by atoms with Crippen LogP contribution in [0.1, 0.15) is 29.7 Å². The molecule has 1 aromatic carbocycles. The number of benzene rings is 1. The summed E-state index contributed by atoms with van der Waals surface area (Å²) in [5.74, 6) is 1.33. The van der Waals surface area contributed by atoms with Crippen LogP contribution < -0.4 is 11.1 Å². The van der Waals surface area contributed by atoms with E-state index in [9.17, 15) is 4.79 Å². The molecule has 9 heteroatoms. The number of imidazole rings is 1. The monoisotopic (exact) mass is 378 g/mol. The molecule has 0 bridgehead atoms. The molecule has 0 aliphatic rings. The van der Waals surface area contributed by atoms with E-state index in [0.717, 1.165) is 40.4 Å². The van der Waals surface area contributed by atoms with Crippen molar-refractivity contribution in [3.8, 4) is 0 Å². The number of rotatable bonds is 5. The van der Waals surface area contributed by atoms with Crippen molar-refractivity contribution in [1.29, 1.82) is 0 Å². The van der Waals surface area contributed by atoms with Crippen molar-refractivity contribution >= 4 is 28.7 Å². The number of nitrogens with zero attached hydrogens (tertiary/aromatic N) is 6. The molecule has 9 nitrogen and oxygen atoms in total. The van der Waals surface area contributed by atoms with Gasteiger partial charge in [0, 0.05) is 23.5 Å². The van der Waals surface area contributed by atoms with Gasteiger partial charge in [0.15, 0.2) is 0 Å². The zero-order valence-corrected chi connectivity index (χ0v) is 16.1. The molecule has 1 amide bonds. The van der Waals surface area contributed by atoms with Crippen molar-refractivity contribution in [2.75, 3.05) is 5.73 Å². The van der Waals surface area contributed by atoms with Gasteiger partial charge in [-0.15, -0.1) is 5.10 Å². The molecular formula is C19H22N8O. The summed E-state index contributed by atoms with van der Waals surface area (Å²) in [6.07, 6.45) is 0.201. The van der Waals surface area contributed by atoms with E-state index in [1.54, 1.807) is 4.52 Å². The Morgan fingerprint density at radius 3 is 2.75 bits per heavy atom. The lowest BCUT2D eigenvalue weighted by molar-refractivity contribution is -0.120. The van der Waals surface area contributed by atoms with Gasteiger partial charge < -0.3 is 15.6 Å². The van der Waals surface area contributed by atoms with Gasteiger partial charge >= 0.3 is 0 Å². The Morgan fingerprint density at radius 2 is 1.96 bits per heavy atom. The van der Waals surface area contributed by atoms with Gasteiger partial charge in [0.1, 0.15) is 5.82 Å². The molecular weight excluding hydrogens is 356 g/mol. The van der Waals surface area contributed by atoms with E-state index in [1.165, 1.54) is 0 Å². The summed E-state index contributed by atoms with van der Waals surface area (Å²) in [6, 6.07) is 7.96. The Balaban J connectivity index is 1.53. The number of nitrogens with two attached hydrogens (primary N) is 1. The Hall–Kier alpha value is -3.49. The molecule has 0 spiro atoms. The highest BCUT2D eigenvalue weighted by Crippen LogP contribution is 2.17. The predicted molar refractivity (Wildman–Crippen MR) is 106 cm³/mol. The van der Waals surface area contributed by atoms with Crippen molar-refractivity contribution < 1.29 is 4.79 Å². The molecule has 0 aliphatic heterocycles. The molecule has 0 radical (unpaired) electrons. The first-order valence-electron chi connectivity index (χ1n) is 9.17. The maximum absolute atomic E-state index is 12.6. The van der Waals surface area contributed by atoms with Crippen LogP contribution in [0.15, 0.2) is 24.3 Å². The summed E-state index contributed by atoms with van der Waals surface area (Å²) < 4.78 is 3.68. The van der Waals surface area contributed by atoms with Crippen molar-refractivity contribution in [2.45, 2.75) is 40.3 Å². The van der Waals surface area contributed by atoms with Crippen LogP contribution in [0.3, 0.4) is 0 Å². The van der Waals surface area contributed by atoms with Gasteiger partial charge in [-0.05, 0) is 32.9 Å². The lowest BCUT2D eigenvalue weighted by atomic mass is 10.1. The third kappa shape index (κ3) is 3.04. The van der Waals surface area contributed by atoms with Gasteiger partial charge in [-0.25, -0.2) is 9.97 Å². The molecule has 4 rings (SSSR count). The number of aromatic nitrogens is 6. The first-order chi connectivity index (χ1) is 13.5. The fourth-order valence-corrected chi connectivity index (χ4v) is 3.49. The zero-order valence-electron chi connectivity index (χ0n) is 16.1. The van der Waals surface area contributed by atoms with Crippen molar-refractivity contribution in [1.82, 2.24) is 34.4 Å². The molecule has 3 aromatic heterocycles. The van der Waals surface area contributed by atoms with Crippen LogP contribution in [0.5, 0.6) is 0 Å². The molecule has 3 N–H and O–H groups in total. The van der Waals surface area contributed by atoms with E-state index in [-0.39, 0.29) is 18.3 Å². The number of aryl methyl sites for hydroxylation is 3. The van der Waals surface area contributed by atoms with E-state index >= 15 is 0 Å². The molecule has 0 saturated carbocycles. The highest BCUT2D eigenvalue weighted by Gasteiger charge is 2.16. The summed E-state index contributed by atoms with van der Waals surface area (Å²) in [7, 11) is 0. The minimum Gasteiger partial charge on any atom is -0.366 e. The number of para-hydroxylation sites is 2. The normalized spacial score (nSPS) is 11.4. The minimum atomic E-state index is -0.102. The van der Waals surface area contributed by atoms with Gasteiger partial charge in [-0.1, -0.05) is 12.1 Å². The largest absolute Gasteiger partial charge is 0.366 e. The fraction of sp³-hybridized carbons (Fsp3) is 0.316. The first-order valence-corrected chi connectivity index (χ1v) is 9.17. The Morgan fingerprint density at radius 1 is 1.18 bits per heavy atom. The zero-order chi connectivity index (χ0) is 19.8. The highest BCUT2D eigenvalue weighted by molar-refractivity contribution is 5.79. The Labute approximate surface area is 161 Å². The van der Waals surface area contributed by atoms with E-state index in [4.69, 9.17) is 5.73 Å². The van der Waals surface area contributed by atoms with Crippen LogP contribution >= 0.6 is 0 Å². The lowest BCUT2D eigenvalue weighted by Gasteiger charge is -2.11. The van der Waals surface area contributed by atoms with Crippen LogP contribution in [0.25, 0.3) is 16.8 Å². The fourth-order valence-electron chi connectivity index (χ4n) is 3.49. The summed E-state index contributed by atoms with van der Waals surface area (Å²) in [6.45, 7) is 6.96. The number of carbonyl (C=O) groups excluding carboxylic acids is 1. The second-order valence-electron chi connectivity index (χ2n) is 6.66. The third-order valence-corrected chi connectivity index (χ3v) is 4.90. The third-order valence-electron chi connectivity index (χ3n) is 4.90. The number of amides is 1. The van der Waals surface area contributed by atoms with Crippen LogP contribution in [0, 0.1) is 13.8 Å². The minimum absolute atomic E-state index is 0.102. The van der Waals surface area contributed by atoms with Crippen LogP contribution in [-0.4, -0.2) is 35.0 Å². The quantitative estimate of drug-likeness (QED) is 0.544. The number of fused-ring (bicyclic) bond motifs is 2. The van der Waals surface area contributed by atoms with Crippen molar-refractivity contribution in [3.63, 3.8) is 0 Å². The molecule has 144 valence electrons. The van der Waals surface area contributed by atoms with Gasteiger partial charge in [-0.3, -0.25) is 4.79 Å². The summed E-state index contributed by atoms with van der Waals surface area (Å²) in [5, 5.41) is 7.11. The standard InChI is InChI=1S/C19H22N8O/c1-4-26-15-8-6-5-7-14(15)23-16(26)10-21-17(28)9-13-11(2)22-19-24-18(20)25-27(19)12(13)3/h5-8H,4,9-10H2,1-3H3,(H2,20,25)(H,21,28). The maximum Gasteiger partial charge on any atom is 0.254 e. The Kier molecular flexibility index (Phi) is 4.42. The van der Waals surface area contributed by atoms with Gasteiger partial charge in [0.2, 0.25) is 11.9 Å². The maximum atomic E-state index is 12.6. The molecule has 0 fully saturated rings. The highest BCUT2D eigenvalue weighted by atomic mass is 16.1. The van der Waals surface area contributed by atoms with Crippen molar-refractivity contribution in [2.24, 2.45) is 0 Å². The Bertz CT molecular complexity index is 1190. The van der Waals surface area contributed by atoms with E-state index < -0.39 is 0 Å². The number of anilines is 1. The second kappa shape index (κ2) is 6.91. The smallest absolute Gasteiger partial charge is 0.254 e.